The summed E-state index contributed by atoms with van der Waals surface area (Å²) in [5.41, 5.74) is 5.08. The number of aromatic nitrogens is 7. The molecule has 218 valence electrons. The van der Waals surface area contributed by atoms with Gasteiger partial charge in [-0.3, -0.25) is 24.9 Å². The number of pyridine rings is 3. The third-order valence-corrected chi connectivity index (χ3v) is 6.33. The number of hydrogen-bond donors (Lipinski definition) is 1. The van der Waals surface area contributed by atoms with Crippen molar-refractivity contribution >= 4 is 43.7 Å². The molecule has 0 amide bonds. The monoisotopic (exact) mass is 585 g/mol. The molecular weight excluding hydrogens is 554 g/mol. The van der Waals surface area contributed by atoms with Crippen molar-refractivity contribution in [3.8, 4) is 0 Å². The number of rotatable bonds is 0. The summed E-state index contributed by atoms with van der Waals surface area (Å²) < 4.78 is 0. The first-order valence-corrected chi connectivity index (χ1v) is 14.3. The molecule has 0 bridgehead atoms. The standard InChI is InChI=1S/2C9H7N.C8H6N2.C7H6N2.C5H5N/c1-2-6-9-8(4-1)5-3-7-10-9;1-2-4-9-7-10-6-5-8(9)3-1;1-2-4-8-7(3-1)9-5-6-10-8;1-2-4-7-6(3-1)8-5-9-7;1-2-4-6-5-3-1/h2*1-7H;1-6H;1-5H,(H,8,9);1-5H. The highest BCUT2D eigenvalue weighted by Crippen LogP contribution is 2.10. The lowest BCUT2D eigenvalue weighted by atomic mass is 10.2. The minimum atomic E-state index is 0.949. The third kappa shape index (κ3) is 9.59. The van der Waals surface area contributed by atoms with Crippen LogP contribution < -0.4 is 0 Å². The fourth-order valence-corrected chi connectivity index (χ4v) is 4.14. The minimum absolute atomic E-state index is 0.949. The van der Waals surface area contributed by atoms with Gasteiger partial charge in [0.15, 0.2) is 0 Å². The zero-order chi connectivity index (χ0) is 30.8. The number of hydrogen-bond acceptors (Lipinski definition) is 6. The molecule has 9 aromatic rings. The molecule has 5 heterocycles. The lowest BCUT2D eigenvalue weighted by Crippen LogP contribution is -1.78. The molecule has 9 rings (SSSR count). The normalized spacial score (nSPS) is 9.78. The molecule has 0 saturated heterocycles. The topological polar surface area (TPSA) is 93.1 Å². The van der Waals surface area contributed by atoms with Crippen molar-refractivity contribution in [2.24, 2.45) is 0 Å². The predicted molar refractivity (Wildman–Crippen MR) is 183 cm³/mol. The molecular formula is C38H31N7. The zero-order valence-corrected chi connectivity index (χ0v) is 24.5. The average molecular weight is 586 g/mol. The summed E-state index contributed by atoms with van der Waals surface area (Å²) in [4.78, 5) is 27.3. The maximum atomic E-state index is 4.18. The molecule has 0 aliphatic rings. The van der Waals surface area contributed by atoms with Gasteiger partial charge in [-0.25, -0.2) is 4.98 Å². The van der Waals surface area contributed by atoms with Gasteiger partial charge in [0.1, 0.15) is 0 Å². The molecule has 0 aliphatic carbocycles. The third-order valence-electron chi connectivity index (χ3n) is 6.33. The summed E-state index contributed by atoms with van der Waals surface area (Å²) in [6.45, 7) is 0. The minimum Gasteiger partial charge on any atom is -0.345 e. The van der Waals surface area contributed by atoms with Crippen LogP contribution >= 0.6 is 0 Å². The number of nitrogens with zero attached hydrogens (tertiary/aromatic N) is 6. The summed E-state index contributed by atoms with van der Waals surface area (Å²) in [7, 11) is 0. The van der Waals surface area contributed by atoms with E-state index in [9.17, 15) is 0 Å². The van der Waals surface area contributed by atoms with Gasteiger partial charge in [-0.2, -0.15) is 0 Å². The van der Waals surface area contributed by atoms with E-state index in [1.807, 2.05) is 128 Å². The Morgan fingerprint density at radius 2 is 0.911 bits per heavy atom. The molecule has 0 atom stereocenters. The Balaban J connectivity index is 0.000000112. The highest BCUT2D eigenvalue weighted by molar-refractivity contribution is 5.81. The molecule has 0 saturated carbocycles. The molecule has 7 nitrogen and oxygen atoms in total. The number of fused-ring (bicyclic) bond motifs is 4. The van der Waals surface area contributed by atoms with Crippen LogP contribution in [0.25, 0.3) is 43.7 Å². The fraction of sp³-hybridized carbons (Fsp3) is 0. The average Bonchev–Trinajstić information content (AvgIpc) is 3.63. The van der Waals surface area contributed by atoms with E-state index >= 15 is 0 Å². The van der Waals surface area contributed by atoms with Gasteiger partial charge in [-0.1, -0.05) is 78.9 Å². The van der Waals surface area contributed by atoms with Gasteiger partial charge in [0, 0.05) is 48.8 Å². The van der Waals surface area contributed by atoms with E-state index in [-0.39, 0.29) is 0 Å². The smallest absolute Gasteiger partial charge is 0.0931 e. The first-order chi connectivity index (χ1) is 22.4. The van der Waals surface area contributed by atoms with Crippen LogP contribution in [-0.2, 0) is 0 Å². The predicted octanol–water partition coefficient (Wildman–Crippen LogP) is 8.74. The van der Waals surface area contributed by atoms with Crippen LogP contribution in [0.4, 0.5) is 0 Å². The van der Waals surface area contributed by atoms with Crippen molar-refractivity contribution in [3.05, 3.63) is 183 Å². The van der Waals surface area contributed by atoms with Crippen molar-refractivity contribution in [2.75, 3.05) is 0 Å². The van der Waals surface area contributed by atoms with Crippen molar-refractivity contribution in [2.45, 2.75) is 0 Å². The van der Waals surface area contributed by atoms with Crippen molar-refractivity contribution < 1.29 is 0 Å². The van der Waals surface area contributed by atoms with Gasteiger partial charge in [-0.05, 0) is 65.4 Å². The number of nitrogens with one attached hydrogen (secondary N) is 1. The van der Waals surface area contributed by atoms with E-state index in [0.717, 1.165) is 27.6 Å². The van der Waals surface area contributed by atoms with Gasteiger partial charge in [0.2, 0.25) is 0 Å². The molecule has 0 unspecified atom stereocenters. The maximum absolute atomic E-state index is 4.18. The Labute approximate surface area is 261 Å². The molecule has 7 heteroatoms. The highest BCUT2D eigenvalue weighted by Gasteiger charge is 1.90. The molecule has 45 heavy (non-hydrogen) atoms. The summed E-state index contributed by atoms with van der Waals surface area (Å²) in [6, 6.07) is 43.7. The van der Waals surface area contributed by atoms with Crippen LogP contribution in [0.2, 0.25) is 0 Å². The second kappa shape index (κ2) is 16.9. The summed E-state index contributed by atoms with van der Waals surface area (Å²) >= 11 is 0. The van der Waals surface area contributed by atoms with E-state index in [0.29, 0.717) is 0 Å². The van der Waals surface area contributed by atoms with Gasteiger partial charge in [0.05, 0.1) is 33.9 Å². The SMILES string of the molecule is c1ccc2[nH]cnc2c1.c1ccc2cnccc2c1.c1ccc2ncccc2c1.c1ccc2nccnc2c1.c1ccncc1. The number of aromatic amines is 1. The molecule has 0 spiro atoms. The molecule has 0 aliphatic heterocycles. The van der Waals surface area contributed by atoms with E-state index in [1.165, 1.54) is 16.2 Å². The second-order valence-electron chi connectivity index (χ2n) is 9.41. The maximum Gasteiger partial charge on any atom is 0.0931 e. The van der Waals surface area contributed by atoms with Gasteiger partial charge in [0.25, 0.3) is 0 Å². The van der Waals surface area contributed by atoms with Crippen molar-refractivity contribution in [3.63, 3.8) is 0 Å². The van der Waals surface area contributed by atoms with E-state index < -0.39 is 0 Å². The number of benzene rings is 4. The van der Waals surface area contributed by atoms with E-state index in [4.69, 9.17) is 0 Å². The summed E-state index contributed by atoms with van der Waals surface area (Å²) in [5, 5.41) is 3.65. The molecule has 4 aromatic carbocycles. The number of para-hydroxylation sites is 5. The summed E-state index contributed by atoms with van der Waals surface area (Å²) in [5.74, 6) is 0. The first kappa shape index (κ1) is 30.1. The molecule has 0 radical (unpaired) electrons. The van der Waals surface area contributed by atoms with Crippen LogP contribution in [0.3, 0.4) is 0 Å². The summed E-state index contributed by atoms with van der Waals surface area (Å²) in [6.07, 6.45) is 14.1. The van der Waals surface area contributed by atoms with Gasteiger partial charge < -0.3 is 4.98 Å². The quantitative estimate of drug-likeness (QED) is 0.191. The Kier molecular flexibility index (Phi) is 11.3. The Bertz CT molecular complexity index is 1720. The van der Waals surface area contributed by atoms with Crippen LogP contribution in [0, 0.1) is 0 Å². The van der Waals surface area contributed by atoms with Crippen molar-refractivity contribution in [1.82, 2.24) is 34.9 Å². The van der Waals surface area contributed by atoms with Gasteiger partial charge in [-0.15, -0.1) is 0 Å². The van der Waals surface area contributed by atoms with Crippen molar-refractivity contribution in [1.29, 1.82) is 0 Å². The number of imidazole rings is 1. The van der Waals surface area contributed by atoms with Crippen LogP contribution in [-0.4, -0.2) is 34.9 Å². The first-order valence-electron chi connectivity index (χ1n) is 14.3. The van der Waals surface area contributed by atoms with Crippen LogP contribution in [0.5, 0.6) is 0 Å². The Morgan fingerprint density at radius 3 is 1.53 bits per heavy atom. The van der Waals surface area contributed by atoms with Crippen LogP contribution in [0.1, 0.15) is 0 Å². The lowest BCUT2D eigenvalue weighted by molar-refractivity contribution is 1.29. The molecule has 5 aromatic heterocycles. The Hall–Kier alpha value is -6.34. The number of H-pyrrole nitrogens is 1. The largest absolute Gasteiger partial charge is 0.345 e. The van der Waals surface area contributed by atoms with E-state index in [1.54, 1.807) is 31.1 Å². The zero-order valence-electron chi connectivity index (χ0n) is 24.5. The van der Waals surface area contributed by atoms with Crippen LogP contribution in [0.15, 0.2) is 183 Å². The second-order valence-corrected chi connectivity index (χ2v) is 9.41. The van der Waals surface area contributed by atoms with E-state index in [2.05, 4.69) is 59.2 Å². The lowest BCUT2D eigenvalue weighted by Gasteiger charge is -1.91. The highest BCUT2D eigenvalue weighted by atomic mass is 14.9. The fourth-order valence-electron chi connectivity index (χ4n) is 4.14. The molecule has 1 N–H and O–H groups in total. The molecule has 0 fully saturated rings. The van der Waals surface area contributed by atoms with Gasteiger partial charge >= 0.3 is 0 Å². The Morgan fingerprint density at radius 1 is 0.333 bits per heavy atom.